The van der Waals surface area contributed by atoms with Crippen molar-refractivity contribution < 1.29 is 23.8 Å². The lowest BCUT2D eigenvalue weighted by Crippen LogP contribution is -2.23. The van der Waals surface area contributed by atoms with Crippen molar-refractivity contribution in [2.24, 2.45) is 5.73 Å². The smallest absolute Gasteiger partial charge is 0.252 e. The molecule has 0 spiro atoms. The largest absolute Gasteiger partial charge is 0.493 e. The number of nitrogens with one attached hydrogen (secondary N) is 1. The lowest BCUT2D eigenvalue weighted by molar-refractivity contribution is 0.0956. The van der Waals surface area contributed by atoms with Crippen molar-refractivity contribution in [3.8, 4) is 29.1 Å². The quantitative estimate of drug-likeness (QED) is 0.755. The van der Waals surface area contributed by atoms with E-state index in [2.05, 4.69) is 17.2 Å². The van der Waals surface area contributed by atoms with E-state index in [1.807, 2.05) is 0 Å². The third kappa shape index (κ3) is 4.92. The van der Waals surface area contributed by atoms with Crippen LogP contribution >= 0.6 is 0 Å². The Morgan fingerprint density at radius 2 is 1.56 bits per heavy atom. The Morgan fingerprint density at radius 1 is 0.963 bits per heavy atom. The van der Waals surface area contributed by atoms with Gasteiger partial charge in [0.2, 0.25) is 11.7 Å². The topological polar surface area (TPSA) is 99.9 Å². The lowest BCUT2D eigenvalue weighted by Gasteiger charge is -2.13. The molecule has 0 bridgehead atoms. The lowest BCUT2D eigenvalue weighted by atomic mass is 10.1. The van der Waals surface area contributed by atoms with Crippen LogP contribution in [0.4, 0.5) is 0 Å². The van der Waals surface area contributed by atoms with Crippen molar-refractivity contribution in [2.45, 2.75) is 0 Å². The van der Waals surface area contributed by atoms with Gasteiger partial charge in [0, 0.05) is 16.7 Å². The Hall–Kier alpha value is -3.66. The van der Waals surface area contributed by atoms with Crippen LogP contribution in [-0.4, -0.2) is 39.7 Å². The fourth-order valence-electron chi connectivity index (χ4n) is 2.30. The van der Waals surface area contributed by atoms with Gasteiger partial charge in [0.25, 0.3) is 5.91 Å². The Morgan fingerprint density at radius 3 is 2.04 bits per heavy atom. The minimum Gasteiger partial charge on any atom is -0.493 e. The highest BCUT2D eigenvalue weighted by Crippen LogP contribution is 2.38. The Labute approximate surface area is 157 Å². The molecule has 3 N–H and O–H groups in total. The molecule has 0 saturated carbocycles. The van der Waals surface area contributed by atoms with Gasteiger partial charge in [0.1, 0.15) is 0 Å². The van der Waals surface area contributed by atoms with E-state index in [4.69, 9.17) is 19.9 Å². The van der Waals surface area contributed by atoms with Gasteiger partial charge in [-0.1, -0.05) is 11.8 Å². The molecule has 0 fully saturated rings. The third-order valence-corrected chi connectivity index (χ3v) is 3.67. The normalized spacial score (nSPS) is 9.59. The maximum Gasteiger partial charge on any atom is 0.252 e. The zero-order valence-electron chi connectivity index (χ0n) is 15.3. The number of nitrogens with two attached hydrogens (primary N) is 1. The number of carbonyl (C=O) groups is 2. The van der Waals surface area contributed by atoms with Crippen LogP contribution < -0.4 is 25.3 Å². The number of methoxy groups -OCH3 is 3. The molecular formula is C20H20N2O5. The Balaban J connectivity index is 2.05. The molecule has 0 aliphatic rings. The molecule has 0 radical (unpaired) electrons. The van der Waals surface area contributed by atoms with Gasteiger partial charge in [-0.05, 0) is 36.4 Å². The molecule has 0 aliphatic heterocycles. The summed E-state index contributed by atoms with van der Waals surface area (Å²) in [6.07, 6.45) is 0. The van der Waals surface area contributed by atoms with Crippen LogP contribution in [0.3, 0.4) is 0 Å². The van der Waals surface area contributed by atoms with Gasteiger partial charge in [0.05, 0.1) is 27.9 Å². The van der Waals surface area contributed by atoms with Crippen molar-refractivity contribution in [1.82, 2.24) is 5.32 Å². The Kier molecular flexibility index (Phi) is 6.67. The molecular weight excluding hydrogens is 348 g/mol. The van der Waals surface area contributed by atoms with Crippen LogP contribution in [0, 0.1) is 11.8 Å². The molecule has 140 valence electrons. The molecule has 0 unspecified atom stereocenters. The molecule has 0 aromatic heterocycles. The molecule has 2 amide bonds. The van der Waals surface area contributed by atoms with Crippen LogP contribution in [0.25, 0.3) is 0 Å². The maximum absolute atomic E-state index is 12.3. The first-order valence-electron chi connectivity index (χ1n) is 7.97. The highest BCUT2D eigenvalue weighted by molar-refractivity contribution is 5.95. The van der Waals surface area contributed by atoms with Crippen LogP contribution in [0.1, 0.15) is 26.3 Å². The van der Waals surface area contributed by atoms with Gasteiger partial charge < -0.3 is 25.3 Å². The average Bonchev–Trinajstić information content (AvgIpc) is 2.70. The van der Waals surface area contributed by atoms with Crippen molar-refractivity contribution >= 4 is 11.8 Å². The summed E-state index contributed by atoms with van der Waals surface area (Å²) < 4.78 is 15.7. The number of primary amides is 1. The SMILES string of the molecule is COc1cc(C(=O)NCC#Cc2ccc(C(N)=O)cc2)cc(OC)c1OC. The standard InChI is InChI=1S/C20H20N2O5/c1-25-16-11-15(12-17(26-2)18(16)27-3)20(24)22-10-4-5-13-6-8-14(9-7-13)19(21)23/h6-9,11-12H,10H2,1-3H3,(H2,21,23)(H,22,24). The average molecular weight is 368 g/mol. The van der Waals surface area contributed by atoms with Crippen LogP contribution in [-0.2, 0) is 0 Å². The van der Waals surface area contributed by atoms with E-state index < -0.39 is 5.91 Å². The number of carbonyl (C=O) groups excluding carboxylic acids is 2. The third-order valence-electron chi connectivity index (χ3n) is 3.67. The number of ether oxygens (including phenoxy) is 3. The Bertz CT molecular complexity index is 870. The molecule has 2 aromatic rings. The number of hydrogen-bond donors (Lipinski definition) is 2. The summed E-state index contributed by atoms with van der Waals surface area (Å²) in [6.45, 7) is 0.146. The van der Waals surface area contributed by atoms with E-state index in [0.29, 0.717) is 33.9 Å². The highest BCUT2D eigenvalue weighted by Gasteiger charge is 2.16. The molecule has 7 heteroatoms. The summed E-state index contributed by atoms with van der Waals surface area (Å²) in [7, 11) is 4.45. The van der Waals surface area contributed by atoms with Gasteiger partial charge in [-0.15, -0.1) is 0 Å². The predicted octanol–water partition coefficient (Wildman–Crippen LogP) is 1.59. The summed E-state index contributed by atoms with van der Waals surface area (Å²) in [5.74, 6) is 6.12. The molecule has 0 atom stereocenters. The molecule has 7 nitrogen and oxygen atoms in total. The van der Waals surface area contributed by atoms with E-state index in [0.717, 1.165) is 0 Å². The molecule has 2 rings (SSSR count). The van der Waals surface area contributed by atoms with Gasteiger partial charge in [0.15, 0.2) is 11.5 Å². The molecule has 0 heterocycles. The fourth-order valence-corrected chi connectivity index (χ4v) is 2.30. The number of amides is 2. The highest BCUT2D eigenvalue weighted by atomic mass is 16.5. The van der Waals surface area contributed by atoms with Gasteiger partial charge in [-0.3, -0.25) is 9.59 Å². The van der Waals surface area contributed by atoms with Crippen LogP contribution in [0.5, 0.6) is 17.2 Å². The second-order valence-electron chi connectivity index (χ2n) is 5.34. The number of hydrogen-bond acceptors (Lipinski definition) is 5. The maximum atomic E-state index is 12.3. The first-order chi connectivity index (χ1) is 13.0. The molecule has 0 aliphatic carbocycles. The van der Waals surface area contributed by atoms with Gasteiger partial charge >= 0.3 is 0 Å². The monoisotopic (exact) mass is 368 g/mol. The van der Waals surface area contributed by atoms with Crippen LogP contribution in [0.2, 0.25) is 0 Å². The summed E-state index contributed by atoms with van der Waals surface area (Å²) >= 11 is 0. The van der Waals surface area contributed by atoms with Gasteiger partial charge in [-0.2, -0.15) is 0 Å². The predicted molar refractivity (Wildman–Crippen MR) is 100 cm³/mol. The van der Waals surface area contributed by atoms with E-state index in [-0.39, 0.29) is 12.5 Å². The summed E-state index contributed by atoms with van der Waals surface area (Å²) in [4.78, 5) is 23.4. The second-order valence-corrected chi connectivity index (χ2v) is 5.34. The minimum atomic E-state index is -0.493. The minimum absolute atomic E-state index is 0.146. The molecule has 0 saturated heterocycles. The molecule has 27 heavy (non-hydrogen) atoms. The summed E-state index contributed by atoms with van der Waals surface area (Å²) in [5.41, 5.74) is 6.67. The van der Waals surface area contributed by atoms with Crippen molar-refractivity contribution in [3.05, 3.63) is 53.1 Å². The van der Waals surface area contributed by atoms with E-state index in [9.17, 15) is 9.59 Å². The van der Waals surface area contributed by atoms with Gasteiger partial charge in [-0.25, -0.2) is 0 Å². The first-order valence-corrected chi connectivity index (χ1v) is 7.97. The van der Waals surface area contributed by atoms with Crippen molar-refractivity contribution in [1.29, 1.82) is 0 Å². The second kappa shape index (κ2) is 9.15. The van der Waals surface area contributed by atoms with Crippen molar-refractivity contribution in [2.75, 3.05) is 27.9 Å². The summed E-state index contributed by atoms with van der Waals surface area (Å²) in [5, 5.41) is 2.70. The number of rotatable bonds is 6. The summed E-state index contributed by atoms with van der Waals surface area (Å²) in [6, 6.07) is 9.70. The zero-order valence-corrected chi connectivity index (χ0v) is 15.3. The van der Waals surface area contributed by atoms with E-state index in [1.54, 1.807) is 36.4 Å². The number of benzene rings is 2. The molecule has 2 aromatic carbocycles. The van der Waals surface area contributed by atoms with E-state index in [1.165, 1.54) is 21.3 Å². The zero-order chi connectivity index (χ0) is 19.8. The fraction of sp³-hybridized carbons (Fsp3) is 0.200. The van der Waals surface area contributed by atoms with Crippen LogP contribution in [0.15, 0.2) is 36.4 Å². The first kappa shape index (κ1) is 19.7. The van der Waals surface area contributed by atoms with E-state index >= 15 is 0 Å². The van der Waals surface area contributed by atoms with Crippen molar-refractivity contribution in [3.63, 3.8) is 0 Å².